The molecule has 0 aliphatic heterocycles. The smallest absolute Gasteiger partial charge is 0.224 e. The molecule has 0 unspecified atom stereocenters. The van der Waals surface area contributed by atoms with E-state index < -0.39 is 0 Å². The maximum atomic E-state index is 4.45. The van der Waals surface area contributed by atoms with Gasteiger partial charge in [-0.05, 0) is 41.6 Å². The Morgan fingerprint density at radius 1 is 1.32 bits per heavy atom. The summed E-state index contributed by atoms with van der Waals surface area (Å²) in [4.78, 5) is 8.66. The molecule has 2 rings (SSSR count). The predicted molar refractivity (Wildman–Crippen MR) is 83.6 cm³/mol. The summed E-state index contributed by atoms with van der Waals surface area (Å²) in [6.45, 7) is 3.86. The van der Waals surface area contributed by atoms with Crippen LogP contribution in [0.3, 0.4) is 0 Å². The third kappa shape index (κ3) is 4.64. The van der Waals surface area contributed by atoms with Gasteiger partial charge in [-0.2, -0.15) is 4.98 Å². The normalized spacial score (nSPS) is 15.7. The minimum atomic E-state index is 0.684. The Bertz CT molecular complexity index is 391. The van der Waals surface area contributed by atoms with Gasteiger partial charge in [-0.3, -0.25) is 0 Å². The van der Waals surface area contributed by atoms with E-state index in [9.17, 15) is 0 Å². The molecule has 0 atom stereocenters. The van der Waals surface area contributed by atoms with E-state index >= 15 is 0 Å². The Kier molecular flexibility index (Phi) is 5.89. The Morgan fingerprint density at radius 2 is 2.11 bits per heavy atom. The van der Waals surface area contributed by atoms with E-state index in [1.54, 1.807) is 6.20 Å². The fourth-order valence-electron chi connectivity index (χ4n) is 2.63. The number of hydrogen-bond acceptors (Lipinski definition) is 4. The molecule has 1 fully saturated rings. The molecule has 1 aliphatic rings. The number of halogens is 1. The Balaban J connectivity index is 1.76. The summed E-state index contributed by atoms with van der Waals surface area (Å²) in [6, 6.07) is 0. The van der Waals surface area contributed by atoms with Crippen LogP contribution in [0.4, 0.5) is 11.8 Å². The SMILES string of the molecule is CCNc1ncc(Br)c(NCCCC2CCCC2)n1. The van der Waals surface area contributed by atoms with Crippen molar-refractivity contribution in [2.45, 2.75) is 45.4 Å². The van der Waals surface area contributed by atoms with Gasteiger partial charge in [0.2, 0.25) is 5.95 Å². The van der Waals surface area contributed by atoms with E-state index in [1.165, 1.54) is 38.5 Å². The zero-order valence-corrected chi connectivity index (χ0v) is 13.2. The molecule has 0 aromatic carbocycles. The van der Waals surface area contributed by atoms with E-state index in [0.29, 0.717) is 5.95 Å². The van der Waals surface area contributed by atoms with Crippen LogP contribution in [0.5, 0.6) is 0 Å². The van der Waals surface area contributed by atoms with Gasteiger partial charge in [0.15, 0.2) is 0 Å². The molecule has 5 heteroatoms. The van der Waals surface area contributed by atoms with Gasteiger partial charge in [-0.25, -0.2) is 4.98 Å². The number of hydrogen-bond donors (Lipinski definition) is 2. The van der Waals surface area contributed by atoms with Crippen LogP contribution < -0.4 is 10.6 Å². The Labute approximate surface area is 123 Å². The first-order chi connectivity index (χ1) is 9.29. The maximum absolute atomic E-state index is 4.45. The van der Waals surface area contributed by atoms with E-state index in [1.807, 2.05) is 6.92 Å². The molecule has 1 aromatic rings. The van der Waals surface area contributed by atoms with Gasteiger partial charge in [0, 0.05) is 19.3 Å². The lowest BCUT2D eigenvalue weighted by molar-refractivity contribution is 0.491. The molecule has 0 bridgehead atoms. The van der Waals surface area contributed by atoms with Gasteiger partial charge in [0.1, 0.15) is 5.82 Å². The fourth-order valence-corrected chi connectivity index (χ4v) is 2.96. The molecule has 1 aliphatic carbocycles. The highest BCUT2D eigenvalue weighted by atomic mass is 79.9. The van der Waals surface area contributed by atoms with E-state index in [2.05, 4.69) is 36.5 Å². The first-order valence-electron chi connectivity index (χ1n) is 7.30. The van der Waals surface area contributed by atoms with E-state index in [-0.39, 0.29) is 0 Å². The summed E-state index contributed by atoms with van der Waals surface area (Å²) in [5, 5.41) is 6.52. The summed E-state index contributed by atoms with van der Waals surface area (Å²) in [5.74, 6) is 2.54. The van der Waals surface area contributed by atoms with Crippen molar-refractivity contribution in [3.63, 3.8) is 0 Å². The van der Waals surface area contributed by atoms with E-state index in [0.717, 1.165) is 29.3 Å². The summed E-state index contributed by atoms with van der Waals surface area (Å²) < 4.78 is 0.926. The second-order valence-electron chi connectivity index (χ2n) is 5.14. The average molecular weight is 327 g/mol. The van der Waals surface area contributed by atoms with Crippen molar-refractivity contribution in [2.24, 2.45) is 5.92 Å². The van der Waals surface area contributed by atoms with Gasteiger partial charge >= 0.3 is 0 Å². The van der Waals surface area contributed by atoms with Crippen LogP contribution >= 0.6 is 15.9 Å². The number of rotatable bonds is 7. The fraction of sp³-hybridized carbons (Fsp3) is 0.714. The van der Waals surface area contributed by atoms with Crippen molar-refractivity contribution in [1.29, 1.82) is 0 Å². The van der Waals surface area contributed by atoms with Crippen LogP contribution in [0.25, 0.3) is 0 Å². The summed E-state index contributed by atoms with van der Waals surface area (Å²) >= 11 is 3.48. The molecule has 1 saturated carbocycles. The first-order valence-corrected chi connectivity index (χ1v) is 8.09. The van der Waals surface area contributed by atoms with Gasteiger partial charge in [0.25, 0.3) is 0 Å². The molecule has 19 heavy (non-hydrogen) atoms. The lowest BCUT2D eigenvalue weighted by atomic mass is 10.0. The van der Waals surface area contributed by atoms with Crippen molar-refractivity contribution >= 4 is 27.7 Å². The van der Waals surface area contributed by atoms with Crippen LogP contribution in [0.1, 0.15) is 45.4 Å². The molecule has 0 amide bonds. The second kappa shape index (κ2) is 7.68. The average Bonchev–Trinajstić information content (AvgIpc) is 2.91. The minimum Gasteiger partial charge on any atom is -0.369 e. The summed E-state index contributed by atoms with van der Waals surface area (Å²) in [5.41, 5.74) is 0. The lowest BCUT2D eigenvalue weighted by Gasteiger charge is -2.11. The van der Waals surface area contributed by atoms with Gasteiger partial charge in [-0.15, -0.1) is 0 Å². The highest BCUT2D eigenvalue weighted by molar-refractivity contribution is 9.10. The topological polar surface area (TPSA) is 49.8 Å². The first kappa shape index (κ1) is 14.6. The van der Waals surface area contributed by atoms with Crippen LogP contribution in [-0.2, 0) is 0 Å². The maximum Gasteiger partial charge on any atom is 0.224 e. The third-order valence-corrected chi connectivity index (χ3v) is 4.22. The number of nitrogens with one attached hydrogen (secondary N) is 2. The molecule has 1 heterocycles. The van der Waals surface area contributed by atoms with Gasteiger partial charge in [-0.1, -0.05) is 25.7 Å². The zero-order chi connectivity index (χ0) is 13.5. The Morgan fingerprint density at radius 3 is 2.84 bits per heavy atom. The molecular formula is C14H23BrN4. The minimum absolute atomic E-state index is 0.684. The van der Waals surface area contributed by atoms with Crippen LogP contribution in [-0.4, -0.2) is 23.1 Å². The molecule has 0 saturated heterocycles. The van der Waals surface area contributed by atoms with Crippen LogP contribution in [0.15, 0.2) is 10.7 Å². The Hall–Kier alpha value is -0.840. The number of aromatic nitrogens is 2. The zero-order valence-electron chi connectivity index (χ0n) is 11.6. The van der Waals surface area contributed by atoms with Crippen LogP contribution in [0, 0.1) is 5.92 Å². The van der Waals surface area contributed by atoms with E-state index in [4.69, 9.17) is 0 Å². The molecule has 1 aromatic heterocycles. The standard InChI is InChI=1S/C14H23BrN4/c1-2-16-14-18-10-12(15)13(19-14)17-9-5-8-11-6-3-4-7-11/h10-11H,2-9H2,1H3,(H2,16,17,18,19). The molecule has 106 valence electrons. The molecule has 0 radical (unpaired) electrons. The molecule has 2 N–H and O–H groups in total. The van der Waals surface area contributed by atoms with Gasteiger partial charge < -0.3 is 10.6 Å². The van der Waals surface area contributed by atoms with Crippen LogP contribution in [0.2, 0.25) is 0 Å². The lowest BCUT2D eigenvalue weighted by Crippen LogP contribution is -2.09. The number of anilines is 2. The van der Waals surface area contributed by atoms with Crippen molar-refractivity contribution in [3.8, 4) is 0 Å². The molecule has 0 spiro atoms. The number of nitrogens with zero attached hydrogens (tertiary/aromatic N) is 2. The van der Waals surface area contributed by atoms with Crippen molar-refractivity contribution < 1.29 is 0 Å². The molecular weight excluding hydrogens is 304 g/mol. The highest BCUT2D eigenvalue weighted by Crippen LogP contribution is 2.28. The monoisotopic (exact) mass is 326 g/mol. The van der Waals surface area contributed by atoms with Crippen molar-refractivity contribution in [1.82, 2.24) is 9.97 Å². The van der Waals surface area contributed by atoms with Crippen molar-refractivity contribution in [2.75, 3.05) is 23.7 Å². The predicted octanol–water partition coefficient (Wildman–Crippen LogP) is 4.05. The quantitative estimate of drug-likeness (QED) is 0.742. The summed E-state index contributed by atoms with van der Waals surface area (Å²) in [7, 11) is 0. The highest BCUT2D eigenvalue weighted by Gasteiger charge is 2.14. The second-order valence-corrected chi connectivity index (χ2v) is 5.99. The summed E-state index contributed by atoms with van der Waals surface area (Å²) in [6.07, 6.45) is 10.1. The van der Waals surface area contributed by atoms with Crippen molar-refractivity contribution in [3.05, 3.63) is 10.7 Å². The van der Waals surface area contributed by atoms with Gasteiger partial charge in [0.05, 0.1) is 4.47 Å². The third-order valence-electron chi connectivity index (χ3n) is 3.64. The largest absolute Gasteiger partial charge is 0.369 e. The molecule has 4 nitrogen and oxygen atoms in total.